The number of fused-ring (bicyclic) bond motifs is 1. The lowest BCUT2D eigenvalue weighted by molar-refractivity contribution is -0.120. The van der Waals surface area contributed by atoms with E-state index in [2.05, 4.69) is 55.5 Å². The molecular formula is C25H22O3. The number of ether oxygens (including phenoxy) is 2. The number of carbonyl (C=O) groups is 1. The van der Waals surface area contributed by atoms with E-state index in [-0.39, 0.29) is 18.0 Å². The van der Waals surface area contributed by atoms with Crippen LogP contribution in [0.25, 0.3) is 11.1 Å². The van der Waals surface area contributed by atoms with Gasteiger partial charge in [0.1, 0.15) is 5.78 Å². The number of Topliss-reactive ketones (excluding diaryl/α,β-unsaturated/α-hetero) is 1. The van der Waals surface area contributed by atoms with Gasteiger partial charge in [-0.2, -0.15) is 0 Å². The summed E-state index contributed by atoms with van der Waals surface area (Å²) in [5.41, 5.74) is 5.40. The molecule has 3 aromatic carbocycles. The zero-order valence-electron chi connectivity index (χ0n) is 15.9. The van der Waals surface area contributed by atoms with Gasteiger partial charge in [0.25, 0.3) is 0 Å². The second-order valence-corrected chi connectivity index (χ2v) is 7.82. The topological polar surface area (TPSA) is 35.5 Å². The van der Waals surface area contributed by atoms with Crippen LogP contribution in [-0.4, -0.2) is 12.6 Å². The van der Waals surface area contributed by atoms with Crippen molar-refractivity contribution in [3.8, 4) is 22.6 Å². The van der Waals surface area contributed by atoms with Gasteiger partial charge in [0, 0.05) is 6.42 Å². The zero-order valence-corrected chi connectivity index (χ0v) is 15.9. The van der Waals surface area contributed by atoms with E-state index in [1.165, 1.54) is 16.7 Å². The standard InChI is InChI=1S/C25H22O3/c1-17-3-2-4-20(13-17)19-7-5-18(6-8-19)14-24(26)25(11-12-25)21-9-10-22-23(15-21)28-16-27-22/h2-10,13,15H,11-12,14,16H2,1H3. The van der Waals surface area contributed by atoms with Crippen molar-refractivity contribution in [1.82, 2.24) is 0 Å². The van der Waals surface area contributed by atoms with Crippen molar-refractivity contribution in [1.29, 1.82) is 0 Å². The molecule has 0 N–H and O–H groups in total. The van der Waals surface area contributed by atoms with Crippen LogP contribution < -0.4 is 9.47 Å². The lowest BCUT2D eigenvalue weighted by atomic mass is 9.87. The van der Waals surface area contributed by atoms with E-state index in [1.54, 1.807) is 0 Å². The van der Waals surface area contributed by atoms with Crippen LogP contribution in [0.3, 0.4) is 0 Å². The summed E-state index contributed by atoms with van der Waals surface area (Å²) in [6.07, 6.45) is 2.28. The summed E-state index contributed by atoms with van der Waals surface area (Å²) in [6, 6.07) is 22.7. The first kappa shape index (κ1) is 17.1. The van der Waals surface area contributed by atoms with Gasteiger partial charge in [-0.15, -0.1) is 0 Å². The van der Waals surface area contributed by atoms with Crippen molar-refractivity contribution >= 4 is 5.78 Å². The molecule has 0 spiro atoms. The molecule has 1 aliphatic carbocycles. The van der Waals surface area contributed by atoms with E-state index in [0.29, 0.717) is 6.42 Å². The number of aryl methyl sites for hydroxylation is 1. The highest BCUT2D eigenvalue weighted by molar-refractivity contribution is 5.94. The van der Waals surface area contributed by atoms with Crippen LogP contribution in [0.4, 0.5) is 0 Å². The van der Waals surface area contributed by atoms with E-state index < -0.39 is 0 Å². The molecule has 0 aromatic heterocycles. The molecule has 1 aliphatic heterocycles. The third-order valence-corrected chi connectivity index (χ3v) is 5.88. The Kier molecular flexibility index (Phi) is 3.97. The van der Waals surface area contributed by atoms with E-state index in [0.717, 1.165) is 35.5 Å². The van der Waals surface area contributed by atoms with Crippen molar-refractivity contribution < 1.29 is 14.3 Å². The Hall–Kier alpha value is -3.07. The Morgan fingerprint density at radius 2 is 1.68 bits per heavy atom. The SMILES string of the molecule is Cc1cccc(-c2ccc(CC(=O)C3(c4ccc5c(c4)OCO5)CC3)cc2)c1. The number of rotatable bonds is 5. The molecule has 3 nitrogen and oxygen atoms in total. The lowest BCUT2D eigenvalue weighted by Gasteiger charge is -2.15. The normalized spacial score (nSPS) is 16.0. The van der Waals surface area contributed by atoms with Gasteiger partial charge < -0.3 is 9.47 Å². The summed E-state index contributed by atoms with van der Waals surface area (Å²) in [5, 5.41) is 0. The highest BCUT2D eigenvalue weighted by Gasteiger charge is 2.50. The Morgan fingerprint density at radius 3 is 2.43 bits per heavy atom. The predicted molar refractivity (Wildman–Crippen MR) is 109 cm³/mol. The summed E-state index contributed by atoms with van der Waals surface area (Å²) in [6.45, 7) is 2.36. The van der Waals surface area contributed by atoms with Gasteiger partial charge in [-0.25, -0.2) is 0 Å². The molecule has 3 heteroatoms. The molecule has 3 aromatic rings. The number of ketones is 1. The molecule has 2 aliphatic rings. The first-order valence-electron chi connectivity index (χ1n) is 9.73. The van der Waals surface area contributed by atoms with Gasteiger partial charge in [0.2, 0.25) is 6.79 Å². The zero-order chi connectivity index (χ0) is 19.1. The molecular weight excluding hydrogens is 348 g/mol. The lowest BCUT2D eigenvalue weighted by Crippen LogP contribution is -2.22. The highest BCUT2D eigenvalue weighted by atomic mass is 16.7. The van der Waals surface area contributed by atoms with Crippen LogP contribution >= 0.6 is 0 Å². The summed E-state index contributed by atoms with van der Waals surface area (Å²) >= 11 is 0. The van der Waals surface area contributed by atoms with Crippen LogP contribution in [0, 0.1) is 6.92 Å². The molecule has 0 saturated heterocycles. The third-order valence-electron chi connectivity index (χ3n) is 5.88. The Labute approximate surface area is 164 Å². The van der Waals surface area contributed by atoms with Crippen LogP contribution in [-0.2, 0) is 16.6 Å². The molecule has 140 valence electrons. The molecule has 0 radical (unpaired) electrons. The first-order chi connectivity index (χ1) is 13.6. The number of carbonyl (C=O) groups excluding carboxylic acids is 1. The number of hydrogen-bond acceptors (Lipinski definition) is 3. The molecule has 0 amide bonds. The van der Waals surface area contributed by atoms with Gasteiger partial charge in [0.05, 0.1) is 5.41 Å². The van der Waals surface area contributed by atoms with Crippen LogP contribution in [0.5, 0.6) is 11.5 Å². The molecule has 1 fully saturated rings. The maximum absolute atomic E-state index is 13.1. The Balaban J connectivity index is 1.34. The number of benzene rings is 3. The quantitative estimate of drug-likeness (QED) is 0.617. The average Bonchev–Trinajstić information content (AvgIpc) is 3.40. The first-order valence-corrected chi connectivity index (χ1v) is 9.73. The Bertz CT molecular complexity index is 1050. The van der Waals surface area contributed by atoms with Gasteiger partial charge in [-0.05, 0) is 54.2 Å². The minimum atomic E-state index is -0.351. The molecule has 0 atom stereocenters. The fourth-order valence-electron chi connectivity index (χ4n) is 4.04. The molecule has 28 heavy (non-hydrogen) atoms. The monoisotopic (exact) mass is 370 g/mol. The fourth-order valence-corrected chi connectivity index (χ4v) is 4.04. The van der Waals surface area contributed by atoms with Gasteiger partial charge in [-0.1, -0.05) is 60.2 Å². The van der Waals surface area contributed by atoms with Crippen molar-refractivity contribution in [3.63, 3.8) is 0 Å². The molecule has 0 bridgehead atoms. The summed E-state index contributed by atoms with van der Waals surface area (Å²) in [4.78, 5) is 13.1. The van der Waals surface area contributed by atoms with Crippen LogP contribution in [0.2, 0.25) is 0 Å². The molecule has 1 heterocycles. The Morgan fingerprint density at radius 1 is 0.893 bits per heavy atom. The number of hydrogen-bond donors (Lipinski definition) is 0. The average molecular weight is 370 g/mol. The summed E-state index contributed by atoms with van der Waals surface area (Å²) in [7, 11) is 0. The van der Waals surface area contributed by atoms with Gasteiger partial charge >= 0.3 is 0 Å². The van der Waals surface area contributed by atoms with Crippen molar-refractivity contribution in [3.05, 3.63) is 83.4 Å². The largest absolute Gasteiger partial charge is 0.454 e. The summed E-state index contributed by atoms with van der Waals surface area (Å²) in [5.74, 6) is 1.80. The van der Waals surface area contributed by atoms with E-state index in [1.807, 2.05) is 18.2 Å². The highest BCUT2D eigenvalue weighted by Crippen LogP contribution is 2.51. The van der Waals surface area contributed by atoms with Crippen molar-refractivity contribution in [2.24, 2.45) is 0 Å². The smallest absolute Gasteiger partial charge is 0.231 e. The van der Waals surface area contributed by atoms with Crippen molar-refractivity contribution in [2.45, 2.75) is 31.6 Å². The van der Waals surface area contributed by atoms with Crippen LogP contribution in [0.1, 0.15) is 29.5 Å². The maximum atomic E-state index is 13.1. The van der Waals surface area contributed by atoms with E-state index in [4.69, 9.17) is 9.47 Å². The minimum Gasteiger partial charge on any atom is -0.454 e. The fraction of sp³-hybridized carbons (Fsp3) is 0.240. The summed E-state index contributed by atoms with van der Waals surface area (Å²) < 4.78 is 10.9. The third kappa shape index (κ3) is 2.97. The van der Waals surface area contributed by atoms with Crippen molar-refractivity contribution in [2.75, 3.05) is 6.79 Å². The molecule has 0 unspecified atom stereocenters. The predicted octanol–water partition coefficient (Wildman–Crippen LogP) is 5.23. The van der Waals surface area contributed by atoms with Gasteiger partial charge in [-0.3, -0.25) is 4.79 Å². The molecule has 5 rings (SSSR count). The van der Waals surface area contributed by atoms with Crippen LogP contribution in [0.15, 0.2) is 66.7 Å². The second-order valence-electron chi connectivity index (χ2n) is 7.82. The van der Waals surface area contributed by atoms with E-state index in [9.17, 15) is 4.79 Å². The van der Waals surface area contributed by atoms with Gasteiger partial charge in [0.15, 0.2) is 11.5 Å². The second kappa shape index (κ2) is 6.52. The maximum Gasteiger partial charge on any atom is 0.231 e. The molecule has 1 saturated carbocycles. The minimum absolute atomic E-state index is 0.257. The van der Waals surface area contributed by atoms with E-state index >= 15 is 0 Å².